The van der Waals surface area contributed by atoms with Gasteiger partial charge in [0.05, 0.1) is 18.3 Å². The first-order chi connectivity index (χ1) is 10.8. The fourth-order valence-electron chi connectivity index (χ4n) is 7.15. The van der Waals surface area contributed by atoms with Gasteiger partial charge in [0.15, 0.2) is 0 Å². The van der Waals surface area contributed by atoms with Crippen molar-refractivity contribution in [2.75, 3.05) is 0 Å². The average Bonchev–Trinajstić information content (AvgIpc) is 2.82. The summed E-state index contributed by atoms with van der Waals surface area (Å²) < 4.78 is 0. The second-order valence-electron chi connectivity index (χ2n) is 9.41. The van der Waals surface area contributed by atoms with Crippen molar-refractivity contribution in [1.29, 1.82) is 0 Å². The van der Waals surface area contributed by atoms with Crippen LogP contribution in [0.15, 0.2) is 12.2 Å². The number of allylic oxidation sites excluding steroid dienone is 1. The molecule has 3 N–H and O–H groups in total. The zero-order valence-corrected chi connectivity index (χ0v) is 14.5. The molecule has 0 aromatic carbocycles. The molecule has 0 bridgehead atoms. The van der Waals surface area contributed by atoms with Crippen LogP contribution in [-0.4, -0.2) is 33.6 Å². The molecule has 9 unspecified atom stereocenters. The normalized spacial score (nSPS) is 59.2. The molecule has 9 atom stereocenters. The zero-order valence-electron chi connectivity index (χ0n) is 14.5. The summed E-state index contributed by atoms with van der Waals surface area (Å²) in [7, 11) is 0. The molecule has 0 aromatic rings. The molecular weight excluding hydrogens is 288 g/mol. The molecule has 4 aliphatic rings. The number of aliphatic hydroxyl groups is 3. The predicted octanol–water partition coefficient (Wildman–Crippen LogP) is 2.89. The monoisotopic (exact) mass is 320 g/mol. The molecular formula is C20H32O3. The largest absolute Gasteiger partial charge is 0.393 e. The van der Waals surface area contributed by atoms with Gasteiger partial charge in [-0.2, -0.15) is 0 Å². The molecule has 0 radical (unpaired) electrons. The smallest absolute Gasteiger partial charge is 0.0836 e. The van der Waals surface area contributed by atoms with E-state index in [0.29, 0.717) is 18.3 Å². The molecule has 4 saturated carbocycles. The van der Waals surface area contributed by atoms with Crippen LogP contribution in [0.25, 0.3) is 0 Å². The van der Waals surface area contributed by atoms with Crippen LogP contribution < -0.4 is 0 Å². The minimum absolute atomic E-state index is 0.0384. The molecule has 130 valence electrons. The van der Waals surface area contributed by atoms with E-state index < -0.39 is 12.2 Å². The highest BCUT2D eigenvalue weighted by Gasteiger charge is 2.63. The van der Waals surface area contributed by atoms with E-state index in [9.17, 15) is 15.3 Å². The Labute approximate surface area is 139 Å². The number of hydrogen-bond acceptors (Lipinski definition) is 3. The SMILES string of the molecule is C=C1CCC2C3C(O)C(O)C4CC(O)CCC4(C)C3CCC12C. The quantitative estimate of drug-likeness (QED) is 0.602. The highest BCUT2D eigenvalue weighted by molar-refractivity contribution is 5.23. The molecule has 4 rings (SSSR count). The Morgan fingerprint density at radius 2 is 1.65 bits per heavy atom. The van der Waals surface area contributed by atoms with Gasteiger partial charge >= 0.3 is 0 Å². The van der Waals surface area contributed by atoms with E-state index in [4.69, 9.17) is 0 Å². The standard InChI is InChI=1S/C20H32O3/c1-11-4-5-13-16-14(7-9-19(11,13)2)20(3)8-6-12(21)10-15(20)17(22)18(16)23/h12-18,21-23H,1,4-10H2,2-3H3. The molecule has 0 amide bonds. The van der Waals surface area contributed by atoms with Crippen molar-refractivity contribution in [3.63, 3.8) is 0 Å². The van der Waals surface area contributed by atoms with Gasteiger partial charge in [-0.05, 0) is 79.4 Å². The molecule has 0 spiro atoms. The van der Waals surface area contributed by atoms with Crippen molar-refractivity contribution >= 4 is 0 Å². The van der Waals surface area contributed by atoms with Gasteiger partial charge in [-0.1, -0.05) is 26.0 Å². The van der Waals surface area contributed by atoms with Gasteiger partial charge in [0.2, 0.25) is 0 Å². The molecule has 3 nitrogen and oxygen atoms in total. The Bertz CT molecular complexity index is 517. The summed E-state index contributed by atoms with van der Waals surface area (Å²) in [6, 6.07) is 0. The molecule has 0 heterocycles. The summed E-state index contributed by atoms with van der Waals surface area (Å²) in [5.74, 6) is 1.17. The minimum Gasteiger partial charge on any atom is -0.393 e. The lowest BCUT2D eigenvalue weighted by Crippen LogP contribution is -2.63. The van der Waals surface area contributed by atoms with E-state index in [1.165, 1.54) is 12.0 Å². The van der Waals surface area contributed by atoms with E-state index in [2.05, 4.69) is 20.4 Å². The minimum atomic E-state index is -0.688. The van der Waals surface area contributed by atoms with Gasteiger partial charge in [-0.3, -0.25) is 0 Å². The van der Waals surface area contributed by atoms with Crippen molar-refractivity contribution in [2.24, 2.45) is 34.5 Å². The van der Waals surface area contributed by atoms with E-state index in [1.807, 2.05) is 0 Å². The van der Waals surface area contributed by atoms with Crippen LogP contribution in [0.5, 0.6) is 0 Å². The molecule has 4 fully saturated rings. The molecule has 4 aliphatic carbocycles. The van der Waals surface area contributed by atoms with Crippen molar-refractivity contribution in [1.82, 2.24) is 0 Å². The van der Waals surface area contributed by atoms with Crippen LogP contribution in [0, 0.1) is 34.5 Å². The lowest BCUT2D eigenvalue weighted by atomic mass is 9.43. The second kappa shape index (κ2) is 5.06. The summed E-state index contributed by atoms with van der Waals surface area (Å²) in [4.78, 5) is 0. The fraction of sp³-hybridized carbons (Fsp3) is 0.900. The zero-order chi connectivity index (χ0) is 16.6. The van der Waals surface area contributed by atoms with Crippen LogP contribution >= 0.6 is 0 Å². The highest BCUT2D eigenvalue weighted by atomic mass is 16.3. The molecule has 0 aliphatic heterocycles. The molecule has 23 heavy (non-hydrogen) atoms. The predicted molar refractivity (Wildman–Crippen MR) is 89.7 cm³/mol. The van der Waals surface area contributed by atoms with Gasteiger partial charge in [0.1, 0.15) is 0 Å². The molecule has 3 heteroatoms. The number of rotatable bonds is 0. The maximum absolute atomic E-state index is 11.0. The third kappa shape index (κ3) is 1.99. The topological polar surface area (TPSA) is 60.7 Å². The summed E-state index contributed by atoms with van der Waals surface area (Å²) >= 11 is 0. The van der Waals surface area contributed by atoms with Crippen LogP contribution in [0.4, 0.5) is 0 Å². The van der Waals surface area contributed by atoms with Crippen LogP contribution in [-0.2, 0) is 0 Å². The van der Waals surface area contributed by atoms with Gasteiger partial charge in [-0.25, -0.2) is 0 Å². The Kier molecular flexibility index (Phi) is 3.54. The number of fused-ring (bicyclic) bond motifs is 5. The number of hydrogen-bond donors (Lipinski definition) is 3. The van der Waals surface area contributed by atoms with Crippen LogP contribution in [0.3, 0.4) is 0 Å². The molecule has 0 aromatic heterocycles. The van der Waals surface area contributed by atoms with Gasteiger partial charge < -0.3 is 15.3 Å². The van der Waals surface area contributed by atoms with Crippen molar-refractivity contribution in [3.8, 4) is 0 Å². The van der Waals surface area contributed by atoms with Crippen molar-refractivity contribution < 1.29 is 15.3 Å². The Morgan fingerprint density at radius 1 is 0.913 bits per heavy atom. The average molecular weight is 320 g/mol. The van der Waals surface area contributed by atoms with Crippen molar-refractivity contribution in [2.45, 2.75) is 77.1 Å². The van der Waals surface area contributed by atoms with Gasteiger partial charge in [-0.15, -0.1) is 0 Å². The van der Waals surface area contributed by atoms with Crippen LogP contribution in [0.1, 0.15) is 58.8 Å². The van der Waals surface area contributed by atoms with E-state index in [0.717, 1.165) is 32.1 Å². The van der Waals surface area contributed by atoms with E-state index in [1.54, 1.807) is 0 Å². The summed E-state index contributed by atoms with van der Waals surface area (Å²) in [6.45, 7) is 8.98. The lowest BCUT2D eigenvalue weighted by molar-refractivity contribution is -0.217. The molecule has 0 saturated heterocycles. The Morgan fingerprint density at radius 3 is 2.39 bits per heavy atom. The van der Waals surface area contributed by atoms with Gasteiger partial charge in [0, 0.05) is 0 Å². The lowest BCUT2D eigenvalue weighted by Gasteiger charge is -2.63. The third-order valence-electron chi connectivity index (χ3n) is 8.68. The highest BCUT2D eigenvalue weighted by Crippen LogP contribution is 2.67. The first-order valence-electron chi connectivity index (χ1n) is 9.51. The fourth-order valence-corrected chi connectivity index (χ4v) is 7.15. The summed E-state index contributed by atoms with van der Waals surface area (Å²) in [5.41, 5.74) is 1.57. The van der Waals surface area contributed by atoms with E-state index >= 15 is 0 Å². The second-order valence-corrected chi connectivity index (χ2v) is 9.41. The maximum atomic E-state index is 11.0. The Balaban J connectivity index is 1.73. The Hall–Kier alpha value is -0.380. The van der Waals surface area contributed by atoms with Crippen molar-refractivity contribution in [3.05, 3.63) is 12.2 Å². The number of aliphatic hydroxyl groups excluding tert-OH is 3. The third-order valence-corrected chi connectivity index (χ3v) is 8.68. The summed E-state index contributed by atoms with van der Waals surface area (Å²) in [6.07, 6.45) is 5.32. The maximum Gasteiger partial charge on any atom is 0.0836 e. The first kappa shape index (κ1) is 16.1. The van der Waals surface area contributed by atoms with E-state index in [-0.39, 0.29) is 28.8 Å². The first-order valence-corrected chi connectivity index (χ1v) is 9.51. The van der Waals surface area contributed by atoms with Crippen LogP contribution in [0.2, 0.25) is 0 Å². The summed E-state index contributed by atoms with van der Waals surface area (Å²) in [5, 5.41) is 32.0. The van der Waals surface area contributed by atoms with Gasteiger partial charge in [0.25, 0.3) is 0 Å².